The average molecular weight is 325 g/mol. The van der Waals surface area contributed by atoms with Gasteiger partial charge >= 0.3 is 12.1 Å². The number of carboxylic acids is 1. The molecule has 0 aliphatic heterocycles. The second kappa shape index (κ2) is 7.71. The summed E-state index contributed by atoms with van der Waals surface area (Å²) in [6.07, 6.45) is -1.14. The highest BCUT2D eigenvalue weighted by atomic mass is 19.1. The van der Waals surface area contributed by atoms with Crippen LogP contribution in [0.4, 0.5) is 9.18 Å². The fourth-order valence-electron chi connectivity index (χ4n) is 1.79. The number of amides is 1. The SMILES string of the molecule is CC(C)(C)OC(=O)N[C@H](CCC(=O)c1cccc(F)c1)C(=O)O. The lowest BCUT2D eigenvalue weighted by Crippen LogP contribution is -2.43. The molecule has 0 aliphatic carbocycles. The molecular weight excluding hydrogens is 305 g/mol. The fourth-order valence-corrected chi connectivity index (χ4v) is 1.79. The molecule has 1 aromatic carbocycles. The van der Waals surface area contributed by atoms with E-state index in [1.807, 2.05) is 0 Å². The fraction of sp³-hybridized carbons (Fsp3) is 0.438. The first-order valence-electron chi connectivity index (χ1n) is 7.09. The first kappa shape index (κ1) is 18.6. The van der Waals surface area contributed by atoms with Gasteiger partial charge in [0.2, 0.25) is 0 Å². The van der Waals surface area contributed by atoms with E-state index in [0.29, 0.717) is 0 Å². The number of carbonyl (C=O) groups is 3. The predicted octanol–water partition coefficient (Wildman–Crippen LogP) is 2.77. The lowest BCUT2D eigenvalue weighted by molar-refractivity contribution is -0.139. The van der Waals surface area contributed by atoms with Crippen molar-refractivity contribution in [3.63, 3.8) is 0 Å². The van der Waals surface area contributed by atoms with E-state index < -0.39 is 35.3 Å². The summed E-state index contributed by atoms with van der Waals surface area (Å²) in [4.78, 5) is 34.7. The van der Waals surface area contributed by atoms with Crippen LogP contribution in [-0.2, 0) is 9.53 Å². The van der Waals surface area contributed by atoms with E-state index in [1.54, 1.807) is 20.8 Å². The van der Waals surface area contributed by atoms with E-state index in [4.69, 9.17) is 9.84 Å². The molecule has 0 radical (unpaired) electrons. The smallest absolute Gasteiger partial charge is 0.408 e. The summed E-state index contributed by atoms with van der Waals surface area (Å²) >= 11 is 0. The van der Waals surface area contributed by atoms with Gasteiger partial charge in [-0.1, -0.05) is 12.1 Å². The van der Waals surface area contributed by atoms with E-state index >= 15 is 0 Å². The summed E-state index contributed by atoms with van der Waals surface area (Å²) in [5.74, 6) is -2.22. The minimum absolute atomic E-state index is 0.121. The third-order valence-electron chi connectivity index (χ3n) is 2.80. The molecule has 0 saturated carbocycles. The third-order valence-corrected chi connectivity index (χ3v) is 2.80. The highest BCUT2D eigenvalue weighted by Gasteiger charge is 2.24. The van der Waals surface area contributed by atoms with Gasteiger partial charge in [-0.15, -0.1) is 0 Å². The van der Waals surface area contributed by atoms with Gasteiger partial charge in [-0.3, -0.25) is 4.79 Å². The van der Waals surface area contributed by atoms with Crippen molar-refractivity contribution in [3.05, 3.63) is 35.6 Å². The van der Waals surface area contributed by atoms with Crippen molar-refractivity contribution < 1.29 is 28.6 Å². The topological polar surface area (TPSA) is 92.7 Å². The van der Waals surface area contributed by atoms with Gasteiger partial charge in [0, 0.05) is 12.0 Å². The van der Waals surface area contributed by atoms with Gasteiger partial charge in [0.1, 0.15) is 17.5 Å². The van der Waals surface area contributed by atoms with Crippen LogP contribution in [0.25, 0.3) is 0 Å². The average Bonchev–Trinajstić information content (AvgIpc) is 2.40. The molecule has 1 amide bonds. The molecule has 0 aliphatic rings. The molecule has 0 fully saturated rings. The zero-order valence-electron chi connectivity index (χ0n) is 13.3. The maximum absolute atomic E-state index is 13.1. The van der Waals surface area contributed by atoms with Crippen molar-refractivity contribution >= 4 is 17.8 Å². The molecule has 1 rings (SSSR count). The number of ketones is 1. The van der Waals surface area contributed by atoms with Gasteiger partial charge in [0.25, 0.3) is 0 Å². The first-order chi connectivity index (χ1) is 10.6. The monoisotopic (exact) mass is 325 g/mol. The Kier molecular flexibility index (Phi) is 6.24. The van der Waals surface area contributed by atoms with Gasteiger partial charge in [-0.2, -0.15) is 0 Å². The molecule has 7 heteroatoms. The molecule has 6 nitrogen and oxygen atoms in total. The second-order valence-electron chi connectivity index (χ2n) is 6.01. The molecule has 0 bridgehead atoms. The maximum atomic E-state index is 13.1. The summed E-state index contributed by atoms with van der Waals surface area (Å²) in [6, 6.07) is 3.88. The maximum Gasteiger partial charge on any atom is 0.408 e. The number of aliphatic carboxylic acids is 1. The lowest BCUT2D eigenvalue weighted by Gasteiger charge is -2.21. The Hall–Kier alpha value is -2.44. The van der Waals surface area contributed by atoms with Crippen molar-refractivity contribution in [1.29, 1.82) is 0 Å². The molecule has 0 saturated heterocycles. The Balaban J connectivity index is 2.61. The minimum Gasteiger partial charge on any atom is -0.480 e. The van der Waals surface area contributed by atoms with Crippen molar-refractivity contribution in [2.24, 2.45) is 0 Å². The van der Waals surface area contributed by atoms with Crippen LogP contribution in [0.1, 0.15) is 44.0 Å². The number of carboxylic acid groups (broad SMARTS) is 1. The van der Waals surface area contributed by atoms with Gasteiger partial charge in [0.15, 0.2) is 5.78 Å². The number of halogens is 1. The molecule has 0 unspecified atom stereocenters. The second-order valence-corrected chi connectivity index (χ2v) is 6.01. The zero-order valence-corrected chi connectivity index (χ0v) is 13.3. The van der Waals surface area contributed by atoms with Crippen LogP contribution in [0.5, 0.6) is 0 Å². The molecule has 0 spiro atoms. The molecule has 0 heterocycles. The number of hydrogen-bond acceptors (Lipinski definition) is 4. The van der Waals surface area contributed by atoms with Crippen LogP contribution < -0.4 is 5.32 Å². The third kappa shape index (κ3) is 6.90. The number of Topliss-reactive ketones (excluding diaryl/α,β-unsaturated/α-hetero) is 1. The Morgan fingerprint density at radius 2 is 1.96 bits per heavy atom. The van der Waals surface area contributed by atoms with E-state index in [-0.39, 0.29) is 18.4 Å². The number of ether oxygens (including phenoxy) is 1. The quantitative estimate of drug-likeness (QED) is 0.785. The standard InChI is InChI=1S/C16H20FNO5/c1-16(2,3)23-15(22)18-12(14(20)21)7-8-13(19)10-5-4-6-11(17)9-10/h4-6,9,12H,7-8H2,1-3H3,(H,18,22)(H,20,21)/t12-/m1/s1. The van der Waals surface area contributed by atoms with Crippen LogP contribution in [-0.4, -0.2) is 34.6 Å². The zero-order chi connectivity index (χ0) is 17.6. The van der Waals surface area contributed by atoms with Crippen molar-refractivity contribution in [3.8, 4) is 0 Å². The van der Waals surface area contributed by atoms with Gasteiger partial charge < -0.3 is 15.2 Å². The normalized spacial score (nSPS) is 12.3. The molecule has 1 aromatic rings. The van der Waals surface area contributed by atoms with Gasteiger partial charge in [0.05, 0.1) is 0 Å². The molecule has 0 aromatic heterocycles. The van der Waals surface area contributed by atoms with E-state index in [2.05, 4.69) is 5.32 Å². The molecule has 2 N–H and O–H groups in total. The largest absolute Gasteiger partial charge is 0.480 e. The Morgan fingerprint density at radius 1 is 1.30 bits per heavy atom. The molecule has 23 heavy (non-hydrogen) atoms. The van der Waals surface area contributed by atoms with Gasteiger partial charge in [-0.05, 0) is 39.3 Å². The Labute approximate surface area is 133 Å². The number of hydrogen-bond donors (Lipinski definition) is 2. The summed E-state index contributed by atoms with van der Waals surface area (Å²) in [5.41, 5.74) is -0.601. The predicted molar refractivity (Wildman–Crippen MR) is 80.8 cm³/mol. The van der Waals surface area contributed by atoms with E-state index in [9.17, 15) is 18.8 Å². The Bertz CT molecular complexity index is 594. The first-order valence-corrected chi connectivity index (χ1v) is 7.09. The van der Waals surface area contributed by atoms with Crippen LogP contribution in [0.3, 0.4) is 0 Å². The van der Waals surface area contributed by atoms with E-state index in [0.717, 1.165) is 6.07 Å². The lowest BCUT2D eigenvalue weighted by atomic mass is 10.0. The summed E-state index contributed by atoms with van der Waals surface area (Å²) < 4.78 is 18.0. The molecule has 1 atom stereocenters. The highest BCUT2D eigenvalue weighted by Crippen LogP contribution is 2.11. The van der Waals surface area contributed by atoms with Crippen LogP contribution in [0.15, 0.2) is 24.3 Å². The van der Waals surface area contributed by atoms with Crippen molar-refractivity contribution in [2.75, 3.05) is 0 Å². The summed E-state index contributed by atoms with van der Waals surface area (Å²) in [7, 11) is 0. The Morgan fingerprint density at radius 3 is 2.48 bits per heavy atom. The van der Waals surface area contributed by atoms with Crippen LogP contribution >= 0.6 is 0 Å². The van der Waals surface area contributed by atoms with E-state index in [1.165, 1.54) is 18.2 Å². The molecule has 126 valence electrons. The number of carbonyl (C=O) groups excluding carboxylic acids is 2. The summed E-state index contributed by atoms with van der Waals surface area (Å²) in [6.45, 7) is 4.95. The number of nitrogens with one attached hydrogen (secondary N) is 1. The van der Waals surface area contributed by atoms with Crippen molar-refractivity contribution in [2.45, 2.75) is 45.3 Å². The molecular formula is C16H20FNO5. The highest BCUT2D eigenvalue weighted by molar-refractivity contribution is 5.96. The van der Waals surface area contributed by atoms with Gasteiger partial charge in [-0.25, -0.2) is 14.0 Å². The minimum atomic E-state index is -1.28. The number of rotatable bonds is 6. The van der Waals surface area contributed by atoms with Crippen LogP contribution in [0, 0.1) is 5.82 Å². The number of benzene rings is 1. The summed E-state index contributed by atoms with van der Waals surface area (Å²) in [5, 5.41) is 11.3. The van der Waals surface area contributed by atoms with Crippen LogP contribution in [0.2, 0.25) is 0 Å². The van der Waals surface area contributed by atoms with Crippen molar-refractivity contribution in [1.82, 2.24) is 5.32 Å². The number of alkyl carbamates (subject to hydrolysis) is 1.